The third-order valence-electron chi connectivity index (χ3n) is 3.39. The van der Waals surface area contributed by atoms with Gasteiger partial charge in [0.05, 0.1) is 18.2 Å². The van der Waals surface area contributed by atoms with E-state index in [1.807, 2.05) is 12.1 Å². The minimum Gasteiger partial charge on any atom is -0.394 e. The summed E-state index contributed by atoms with van der Waals surface area (Å²) in [5, 5.41) is 9.46. The fourth-order valence-electron chi connectivity index (χ4n) is 2.37. The molecule has 4 nitrogen and oxygen atoms in total. The van der Waals surface area contributed by atoms with E-state index in [2.05, 4.69) is 16.8 Å². The highest BCUT2D eigenvalue weighted by Crippen LogP contribution is 2.30. The average Bonchev–Trinajstić information content (AvgIpc) is 2.70. The van der Waals surface area contributed by atoms with Crippen LogP contribution in [0.2, 0.25) is 0 Å². The number of aromatic nitrogens is 1. The lowest BCUT2D eigenvalue weighted by molar-refractivity contribution is 0.244. The molecule has 0 saturated carbocycles. The summed E-state index contributed by atoms with van der Waals surface area (Å²) in [5.74, 6) is 1.25. The molecule has 2 unspecified atom stereocenters. The molecule has 0 radical (unpaired) electrons. The Morgan fingerprint density at radius 1 is 1.71 bits per heavy atom. The first-order chi connectivity index (χ1) is 8.15. The van der Waals surface area contributed by atoms with Crippen LogP contribution >= 0.6 is 12.2 Å². The lowest BCUT2D eigenvalue weighted by Crippen LogP contribution is -2.37. The van der Waals surface area contributed by atoms with Crippen molar-refractivity contribution in [1.82, 2.24) is 4.98 Å². The normalized spacial score (nSPS) is 24.0. The molecule has 2 rings (SSSR count). The van der Waals surface area contributed by atoms with E-state index in [0.717, 1.165) is 24.3 Å². The third-order valence-corrected chi connectivity index (χ3v) is 3.61. The second-order valence-electron chi connectivity index (χ2n) is 4.45. The summed E-state index contributed by atoms with van der Waals surface area (Å²) < 4.78 is 0. The second kappa shape index (κ2) is 4.98. The van der Waals surface area contributed by atoms with Crippen molar-refractivity contribution < 1.29 is 5.11 Å². The molecule has 1 fully saturated rings. The SMILES string of the molecule is CC1CCN(c2ncccc2C(N)=S)C1CO. The minimum atomic E-state index is 0.109. The van der Waals surface area contributed by atoms with Crippen LogP contribution in [0.4, 0.5) is 5.82 Å². The molecule has 1 aliphatic rings. The monoisotopic (exact) mass is 251 g/mol. The molecule has 0 amide bonds. The molecule has 17 heavy (non-hydrogen) atoms. The standard InChI is InChI=1S/C12H17N3OS/c1-8-4-6-15(10(8)7-16)12-9(11(13)17)3-2-5-14-12/h2-3,5,8,10,16H,4,6-7H2,1H3,(H2,13,17). The van der Waals surface area contributed by atoms with Crippen LogP contribution in [0.3, 0.4) is 0 Å². The summed E-state index contributed by atoms with van der Waals surface area (Å²) in [6, 6.07) is 3.81. The molecule has 5 heteroatoms. The number of pyridine rings is 1. The number of aliphatic hydroxyl groups excluding tert-OH is 1. The van der Waals surface area contributed by atoms with Gasteiger partial charge in [-0.15, -0.1) is 0 Å². The first-order valence-electron chi connectivity index (χ1n) is 5.77. The molecule has 2 heterocycles. The van der Waals surface area contributed by atoms with Gasteiger partial charge in [0.15, 0.2) is 0 Å². The van der Waals surface area contributed by atoms with Crippen molar-refractivity contribution in [3.8, 4) is 0 Å². The maximum absolute atomic E-state index is 9.46. The molecule has 3 N–H and O–H groups in total. The molecule has 1 aromatic rings. The van der Waals surface area contributed by atoms with Gasteiger partial charge in [0, 0.05) is 12.7 Å². The Hall–Kier alpha value is -1.20. The van der Waals surface area contributed by atoms with Crippen LogP contribution in [0.1, 0.15) is 18.9 Å². The Morgan fingerprint density at radius 2 is 2.47 bits per heavy atom. The number of hydrogen-bond acceptors (Lipinski definition) is 4. The zero-order valence-corrected chi connectivity index (χ0v) is 10.7. The Kier molecular flexibility index (Phi) is 3.59. The molecular formula is C12H17N3OS. The zero-order chi connectivity index (χ0) is 12.4. The molecule has 0 spiro atoms. The van der Waals surface area contributed by atoms with E-state index in [-0.39, 0.29) is 12.6 Å². The predicted octanol–water partition coefficient (Wildman–Crippen LogP) is 0.923. The topological polar surface area (TPSA) is 62.4 Å². The molecular weight excluding hydrogens is 234 g/mol. The molecule has 2 atom stereocenters. The van der Waals surface area contributed by atoms with Crippen molar-refractivity contribution in [3.63, 3.8) is 0 Å². The first-order valence-corrected chi connectivity index (χ1v) is 6.18. The zero-order valence-electron chi connectivity index (χ0n) is 9.84. The largest absolute Gasteiger partial charge is 0.394 e. The number of nitrogens with two attached hydrogens (primary N) is 1. The van der Waals surface area contributed by atoms with E-state index >= 15 is 0 Å². The van der Waals surface area contributed by atoms with Gasteiger partial charge in [-0.25, -0.2) is 4.98 Å². The van der Waals surface area contributed by atoms with Crippen molar-refractivity contribution in [2.24, 2.45) is 11.7 Å². The van der Waals surface area contributed by atoms with Crippen molar-refractivity contribution in [2.45, 2.75) is 19.4 Å². The summed E-state index contributed by atoms with van der Waals surface area (Å²) in [7, 11) is 0. The van der Waals surface area contributed by atoms with Crippen molar-refractivity contribution in [2.75, 3.05) is 18.1 Å². The number of anilines is 1. The Labute approximate surface area is 106 Å². The second-order valence-corrected chi connectivity index (χ2v) is 4.89. The fraction of sp³-hybridized carbons (Fsp3) is 0.500. The van der Waals surface area contributed by atoms with E-state index in [1.54, 1.807) is 6.20 Å². The Morgan fingerprint density at radius 3 is 3.12 bits per heavy atom. The fourth-order valence-corrected chi connectivity index (χ4v) is 2.53. The van der Waals surface area contributed by atoms with Gasteiger partial charge in [0.25, 0.3) is 0 Å². The summed E-state index contributed by atoms with van der Waals surface area (Å²) in [6.07, 6.45) is 2.78. The van der Waals surface area contributed by atoms with Crippen LogP contribution in [0.25, 0.3) is 0 Å². The van der Waals surface area contributed by atoms with E-state index in [4.69, 9.17) is 18.0 Å². The number of aliphatic hydroxyl groups is 1. The predicted molar refractivity (Wildman–Crippen MR) is 72.1 cm³/mol. The summed E-state index contributed by atoms with van der Waals surface area (Å²) >= 11 is 5.04. The maximum atomic E-state index is 9.46. The van der Waals surface area contributed by atoms with Crippen LogP contribution in [0, 0.1) is 5.92 Å². The summed E-state index contributed by atoms with van der Waals surface area (Å²) in [6.45, 7) is 3.16. The van der Waals surface area contributed by atoms with Gasteiger partial charge in [0.1, 0.15) is 10.8 Å². The van der Waals surface area contributed by atoms with E-state index in [1.165, 1.54) is 0 Å². The first kappa shape index (κ1) is 12.3. The smallest absolute Gasteiger partial charge is 0.139 e. The molecule has 0 aliphatic carbocycles. The average molecular weight is 251 g/mol. The van der Waals surface area contributed by atoms with Crippen LogP contribution in [0.5, 0.6) is 0 Å². The molecule has 92 valence electrons. The van der Waals surface area contributed by atoms with Gasteiger partial charge in [-0.05, 0) is 24.5 Å². The van der Waals surface area contributed by atoms with E-state index in [0.29, 0.717) is 10.9 Å². The Balaban J connectivity index is 2.37. The number of nitrogens with zero attached hydrogens (tertiary/aromatic N) is 2. The van der Waals surface area contributed by atoms with Crippen molar-refractivity contribution >= 4 is 23.0 Å². The number of hydrogen-bond donors (Lipinski definition) is 2. The third kappa shape index (κ3) is 2.25. The van der Waals surface area contributed by atoms with Crippen molar-refractivity contribution in [3.05, 3.63) is 23.9 Å². The summed E-state index contributed by atoms with van der Waals surface area (Å²) in [4.78, 5) is 6.82. The van der Waals surface area contributed by atoms with Gasteiger partial charge in [-0.3, -0.25) is 0 Å². The quantitative estimate of drug-likeness (QED) is 0.782. The van der Waals surface area contributed by atoms with Crippen molar-refractivity contribution in [1.29, 1.82) is 0 Å². The highest BCUT2D eigenvalue weighted by Gasteiger charge is 2.32. The highest BCUT2D eigenvalue weighted by atomic mass is 32.1. The molecule has 0 bridgehead atoms. The molecule has 1 aromatic heterocycles. The number of rotatable bonds is 3. The van der Waals surface area contributed by atoms with Crippen LogP contribution < -0.4 is 10.6 Å². The molecule has 1 aliphatic heterocycles. The minimum absolute atomic E-state index is 0.109. The van der Waals surface area contributed by atoms with E-state index in [9.17, 15) is 5.11 Å². The van der Waals surface area contributed by atoms with Gasteiger partial charge in [-0.1, -0.05) is 19.1 Å². The van der Waals surface area contributed by atoms with Gasteiger partial charge < -0.3 is 15.7 Å². The highest BCUT2D eigenvalue weighted by molar-refractivity contribution is 7.80. The maximum Gasteiger partial charge on any atom is 0.139 e. The van der Waals surface area contributed by atoms with Gasteiger partial charge in [0.2, 0.25) is 0 Å². The summed E-state index contributed by atoms with van der Waals surface area (Å²) in [5.41, 5.74) is 6.49. The Bertz CT molecular complexity index is 424. The molecule has 1 saturated heterocycles. The van der Waals surface area contributed by atoms with Gasteiger partial charge in [-0.2, -0.15) is 0 Å². The lowest BCUT2D eigenvalue weighted by Gasteiger charge is -2.27. The molecule has 0 aromatic carbocycles. The number of thiocarbonyl (C=S) groups is 1. The van der Waals surface area contributed by atoms with E-state index < -0.39 is 0 Å². The lowest BCUT2D eigenvalue weighted by atomic mass is 10.0. The van der Waals surface area contributed by atoms with Crippen LogP contribution in [0.15, 0.2) is 18.3 Å². The van der Waals surface area contributed by atoms with Gasteiger partial charge >= 0.3 is 0 Å². The van der Waals surface area contributed by atoms with Crippen LogP contribution in [-0.4, -0.2) is 34.3 Å². The van der Waals surface area contributed by atoms with Crippen LogP contribution in [-0.2, 0) is 0 Å².